The Morgan fingerprint density at radius 1 is 0.405 bits per heavy atom. The third kappa shape index (κ3) is 5.65. The zero-order chi connectivity index (χ0) is 27.0. The normalized spacial score (nSPS) is 52.4. The van der Waals surface area contributed by atoms with E-state index in [1.54, 1.807) is 0 Å². The van der Waals surface area contributed by atoms with Crippen molar-refractivity contribution in [3.63, 3.8) is 0 Å². The Balaban J connectivity index is 1.44. The minimum atomic E-state index is -1.66. The molecular weight excluding hydrogens is 512 g/mol. The van der Waals surface area contributed by atoms with Crippen molar-refractivity contribution in [1.29, 1.82) is 0 Å². The van der Waals surface area contributed by atoms with Crippen molar-refractivity contribution in [3.8, 4) is 0 Å². The van der Waals surface area contributed by atoms with Crippen molar-refractivity contribution in [2.45, 2.75) is 98.4 Å². The predicted molar refractivity (Wildman–Crippen MR) is 110 cm³/mol. The van der Waals surface area contributed by atoms with Gasteiger partial charge >= 0.3 is 0 Å². The van der Waals surface area contributed by atoms with Crippen molar-refractivity contribution >= 4 is 0 Å². The summed E-state index contributed by atoms with van der Waals surface area (Å²) in [5.74, 6) is 0. The Bertz CT molecular complexity index is 731. The molecule has 17 nitrogen and oxygen atoms in total. The monoisotopic (exact) mass is 546 g/mol. The van der Waals surface area contributed by atoms with Crippen LogP contribution in [0.25, 0.3) is 0 Å². The van der Waals surface area contributed by atoms with Gasteiger partial charge in [-0.25, -0.2) is 0 Å². The molecule has 4 aliphatic rings. The highest BCUT2D eigenvalue weighted by molar-refractivity contribution is 4.96. The fourth-order valence-electron chi connectivity index (χ4n) is 4.70. The molecule has 0 aromatic carbocycles. The highest BCUT2D eigenvalue weighted by atomic mass is 16.8. The molecule has 0 spiro atoms. The molecule has 0 bridgehead atoms. The third-order valence-electron chi connectivity index (χ3n) is 6.81. The Morgan fingerprint density at radius 3 is 1.41 bits per heavy atom. The van der Waals surface area contributed by atoms with E-state index in [0.29, 0.717) is 0 Å². The second kappa shape index (κ2) is 12.2. The third-order valence-corrected chi connectivity index (χ3v) is 6.81. The molecule has 37 heavy (non-hydrogen) atoms. The van der Waals surface area contributed by atoms with E-state index in [4.69, 9.17) is 33.2 Å². The maximum absolute atomic E-state index is 10.8. The number of aliphatic hydroxyl groups excluding tert-OH is 10. The molecule has 0 amide bonds. The fourth-order valence-corrected chi connectivity index (χ4v) is 4.70. The van der Waals surface area contributed by atoms with Crippen LogP contribution in [-0.2, 0) is 33.2 Å². The summed E-state index contributed by atoms with van der Waals surface area (Å²) in [6, 6.07) is 0. The minimum absolute atomic E-state index is 0.613. The van der Waals surface area contributed by atoms with Gasteiger partial charge in [-0.15, -0.1) is 0 Å². The Labute approximate surface area is 209 Å². The molecule has 4 aliphatic heterocycles. The van der Waals surface area contributed by atoms with E-state index in [9.17, 15) is 51.1 Å². The van der Waals surface area contributed by atoms with Crippen LogP contribution < -0.4 is 0 Å². The lowest BCUT2D eigenvalue weighted by molar-refractivity contribution is -0.272. The van der Waals surface area contributed by atoms with E-state index in [0.717, 1.165) is 0 Å². The van der Waals surface area contributed by atoms with E-state index in [-0.39, 0.29) is 0 Å². The van der Waals surface area contributed by atoms with Gasteiger partial charge in [0, 0.05) is 0 Å². The zero-order valence-electron chi connectivity index (χ0n) is 19.4. The topological polar surface area (TPSA) is 267 Å². The van der Waals surface area contributed by atoms with Gasteiger partial charge < -0.3 is 84.2 Å². The average molecular weight is 546 g/mol. The van der Waals surface area contributed by atoms with E-state index in [1.807, 2.05) is 0 Å². The highest BCUT2D eigenvalue weighted by Crippen LogP contribution is 2.35. The first-order chi connectivity index (χ1) is 17.6. The van der Waals surface area contributed by atoms with Gasteiger partial charge in [0.15, 0.2) is 25.2 Å². The SMILES string of the molecule is OC[C@@H]1O[C@@H](O[C@@H]2[C@@H](O)[C@@H](O[C@H]3[C@@H](O[C@@H]4[C@@H](O)[C@H](CO)O[C@H]4O)O[C@@H](CO)[C@@H]3O)O[C@H]2CO)[C@H](O)[C@H]1O. The lowest BCUT2D eigenvalue weighted by Gasteiger charge is -2.29. The van der Waals surface area contributed by atoms with Crippen molar-refractivity contribution in [2.75, 3.05) is 26.4 Å². The number of rotatable bonds is 10. The first kappa shape index (κ1) is 29.3. The number of hydrogen-bond donors (Lipinski definition) is 10. The van der Waals surface area contributed by atoms with Crippen LogP contribution >= 0.6 is 0 Å². The summed E-state index contributed by atoms with van der Waals surface area (Å²) >= 11 is 0. The molecule has 10 N–H and O–H groups in total. The maximum atomic E-state index is 10.8. The molecule has 4 rings (SSSR count). The average Bonchev–Trinajstić information content (AvgIpc) is 3.55. The first-order valence-corrected chi connectivity index (χ1v) is 11.7. The predicted octanol–water partition coefficient (Wildman–Crippen LogP) is -7.19. The second-order valence-corrected chi connectivity index (χ2v) is 9.18. The molecule has 216 valence electrons. The highest BCUT2D eigenvalue weighted by Gasteiger charge is 2.55. The van der Waals surface area contributed by atoms with Crippen LogP contribution in [0.2, 0.25) is 0 Å². The Hall–Kier alpha value is -0.680. The summed E-state index contributed by atoms with van der Waals surface area (Å²) in [6.45, 7) is -2.58. The van der Waals surface area contributed by atoms with Crippen LogP contribution in [-0.4, -0.2) is 176 Å². The summed E-state index contributed by atoms with van der Waals surface area (Å²) in [5.41, 5.74) is 0. The molecule has 4 heterocycles. The van der Waals surface area contributed by atoms with Crippen molar-refractivity contribution < 1.29 is 84.2 Å². The molecule has 0 radical (unpaired) electrons. The molecule has 17 heteroatoms. The smallest absolute Gasteiger partial charge is 0.187 e. The van der Waals surface area contributed by atoms with E-state index in [2.05, 4.69) is 0 Å². The number of aliphatic hydroxyl groups is 10. The van der Waals surface area contributed by atoms with Gasteiger partial charge in [-0.1, -0.05) is 0 Å². The van der Waals surface area contributed by atoms with Crippen LogP contribution in [0.15, 0.2) is 0 Å². The zero-order valence-corrected chi connectivity index (χ0v) is 19.4. The molecule has 0 aromatic rings. The minimum Gasteiger partial charge on any atom is -0.394 e. The lowest BCUT2D eigenvalue weighted by Crippen LogP contribution is -2.47. The van der Waals surface area contributed by atoms with Crippen LogP contribution in [0.1, 0.15) is 0 Å². The number of hydrogen-bond acceptors (Lipinski definition) is 17. The fraction of sp³-hybridized carbons (Fsp3) is 1.00. The van der Waals surface area contributed by atoms with Gasteiger partial charge in [-0.3, -0.25) is 0 Å². The summed E-state index contributed by atoms with van der Waals surface area (Å²) in [4.78, 5) is 0. The standard InChI is InChI=1S/C20H34O17/c21-1-5-9(25)12(28)18(32-5)35-14-8(4-24)34-19(13(14)29)37-16-11(27)7(3-23)33-20(16)36-15-10(26)6(2-22)31-17(15)30/h5-30H,1-4H2/t5-,6-,7-,8-,9-,10-,11-,12+,13+,14-,15+,16+,17+,18-,19+,20+/m0/s1. The summed E-state index contributed by atoms with van der Waals surface area (Å²) in [6.07, 6.45) is -22.9. The first-order valence-electron chi connectivity index (χ1n) is 11.7. The van der Waals surface area contributed by atoms with E-state index in [1.165, 1.54) is 0 Å². The molecular formula is C20H34O17. The van der Waals surface area contributed by atoms with E-state index < -0.39 is 125 Å². The summed E-state index contributed by atoms with van der Waals surface area (Å²) in [5, 5.41) is 99.4. The largest absolute Gasteiger partial charge is 0.394 e. The van der Waals surface area contributed by atoms with Crippen molar-refractivity contribution in [2.24, 2.45) is 0 Å². The van der Waals surface area contributed by atoms with Gasteiger partial charge in [0.1, 0.15) is 73.2 Å². The summed E-state index contributed by atoms with van der Waals surface area (Å²) < 4.78 is 37.9. The lowest BCUT2D eigenvalue weighted by atomic mass is 10.1. The van der Waals surface area contributed by atoms with E-state index >= 15 is 0 Å². The Morgan fingerprint density at radius 2 is 0.838 bits per heavy atom. The number of ether oxygens (including phenoxy) is 7. The maximum Gasteiger partial charge on any atom is 0.187 e. The van der Waals surface area contributed by atoms with Crippen molar-refractivity contribution in [3.05, 3.63) is 0 Å². The van der Waals surface area contributed by atoms with Gasteiger partial charge in [0.2, 0.25) is 0 Å². The Kier molecular flexibility index (Phi) is 9.69. The molecule has 0 unspecified atom stereocenters. The molecule has 0 saturated carbocycles. The molecule has 4 fully saturated rings. The van der Waals surface area contributed by atoms with Gasteiger partial charge in [0.05, 0.1) is 26.4 Å². The van der Waals surface area contributed by atoms with Crippen LogP contribution in [0.4, 0.5) is 0 Å². The van der Waals surface area contributed by atoms with Crippen LogP contribution in [0.3, 0.4) is 0 Å². The second-order valence-electron chi connectivity index (χ2n) is 9.18. The molecule has 16 atom stereocenters. The van der Waals surface area contributed by atoms with Gasteiger partial charge in [0.25, 0.3) is 0 Å². The molecule has 4 saturated heterocycles. The summed E-state index contributed by atoms with van der Waals surface area (Å²) in [7, 11) is 0. The van der Waals surface area contributed by atoms with Gasteiger partial charge in [-0.05, 0) is 0 Å². The quantitative estimate of drug-likeness (QED) is 0.122. The van der Waals surface area contributed by atoms with Crippen molar-refractivity contribution in [1.82, 2.24) is 0 Å². The van der Waals surface area contributed by atoms with Crippen LogP contribution in [0, 0.1) is 0 Å². The molecule has 0 aromatic heterocycles. The molecule has 0 aliphatic carbocycles. The van der Waals surface area contributed by atoms with Crippen LogP contribution in [0.5, 0.6) is 0 Å². The van der Waals surface area contributed by atoms with Gasteiger partial charge in [-0.2, -0.15) is 0 Å².